The molecule has 3 saturated carbocycles. The molecular formula is C22H31FO4. The normalized spacial score (nSPS) is 54.6. The molecule has 0 bridgehead atoms. The number of hydrogen-bond acceptors (Lipinski definition) is 4. The number of ketones is 2. The van der Waals surface area contributed by atoms with Gasteiger partial charge in [0.1, 0.15) is 11.8 Å². The predicted octanol–water partition coefficient (Wildman–Crippen LogP) is 3.00. The molecule has 5 heteroatoms. The fourth-order valence-corrected chi connectivity index (χ4v) is 7.78. The van der Waals surface area contributed by atoms with Crippen molar-refractivity contribution in [2.75, 3.05) is 0 Å². The van der Waals surface area contributed by atoms with Crippen LogP contribution in [0.5, 0.6) is 0 Å². The Labute approximate surface area is 160 Å². The standard InChI is InChI=1S/C22H31FO4/c1-11-7-15-14-9-17(23)16-8-13(25)5-6-20(16,3)19(14)18(26)10-21(15,4)22(11,27)12(2)24/h8,11,14-15,17-19,26-27H,5-7,9-10H2,1-4H3/t11-,14+,15+,17+,18+,19-,20+,21+,22+/m1/s1. The summed E-state index contributed by atoms with van der Waals surface area (Å²) in [6.45, 7) is 7.23. The van der Waals surface area contributed by atoms with Gasteiger partial charge in [-0.1, -0.05) is 20.8 Å². The number of carbonyl (C=O) groups excluding carboxylic acids is 2. The molecule has 0 heterocycles. The molecule has 0 spiro atoms. The SMILES string of the molecule is CC(=O)[C@@]1(O)[C@H](C)C[C@H]2[C@@H]3C[C@H](F)C4=CC(=O)CC[C@]4(C)[C@H]3[C@@H](O)C[C@@]21C. The van der Waals surface area contributed by atoms with E-state index in [1.54, 1.807) is 0 Å². The lowest BCUT2D eigenvalue weighted by Gasteiger charge is -2.61. The highest BCUT2D eigenvalue weighted by Gasteiger charge is 2.70. The Morgan fingerprint density at radius 2 is 1.96 bits per heavy atom. The van der Waals surface area contributed by atoms with Crippen LogP contribution in [0.25, 0.3) is 0 Å². The number of carbonyl (C=O) groups is 2. The number of rotatable bonds is 1. The summed E-state index contributed by atoms with van der Waals surface area (Å²) < 4.78 is 15.2. The van der Waals surface area contributed by atoms with E-state index in [0.29, 0.717) is 31.3 Å². The second-order valence-corrected chi connectivity index (χ2v) is 10.1. The zero-order valence-electron chi connectivity index (χ0n) is 16.7. The molecule has 4 aliphatic carbocycles. The highest BCUT2D eigenvalue weighted by atomic mass is 19.1. The Bertz CT molecular complexity index is 732. The lowest BCUT2D eigenvalue weighted by atomic mass is 9.45. The van der Waals surface area contributed by atoms with Gasteiger partial charge in [0.2, 0.25) is 0 Å². The minimum Gasteiger partial charge on any atom is -0.393 e. The first kappa shape index (κ1) is 19.3. The molecule has 0 amide bonds. The molecule has 4 aliphatic rings. The molecule has 27 heavy (non-hydrogen) atoms. The minimum atomic E-state index is -1.48. The van der Waals surface area contributed by atoms with Crippen molar-refractivity contribution >= 4 is 11.6 Å². The van der Waals surface area contributed by atoms with Crippen LogP contribution in [0.1, 0.15) is 59.8 Å². The Morgan fingerprint density at radius 1 is 1.30 bits per heavy atom. The smallest absolute Gasteiger partial charge is 0.162 e. The van der Waals surface area contributed by atoms with Crippen molar-refractivity contribution in [2.24, 2.45) is 34.5 Å². The molecule has 0 saturated heterocycles. The summed E-state index contributed by atoms with van der Waals surface area (Å²) in [5.74, 6) is -0.744. The Kier molecular flexibility index (Phi) is 4.08. The topological polar surface area (TPSA) is 74.6 Å². The summed E-state index contributed by atoms with van der Waals surface area (Å²) in [5.41, 5.74) is -2.21. The summed E-state index contributed by atoms with van der Waals surface area (Å²) in [4.78, 5) is 24.4. The van der Waals surface area contributed by atoms with E-state index in [4.69, 9.17) is 0 Å². The number of hydrogen-bond donors (Lipinski definition) is 2. The lowest BCUT2D eigenvalue weighted by Crippen LogP contribution is -2.63. The zero-order chi connectivity index (χ0) is 19.9. The number of allylic oxidation sites excluding steroid dienone is 1. The second kappa shape index (κ2) is 5.73. The van der Waals surface area contributed by atoms with E-state index in [0.717, 1.165) is 0 Å². The molecule has 0 aromatic heterocycles. The second-order valence-electron chi connectivity index (χ2n) is 10.1. The van der Waals surface area contributed by atoms with Crippen molar-refractivity contribution < 1.29 is 24.2 Å². The molecule has 0 radical (unpaired) electrons. The molecule has 0 aliphatic heterocycles. The molecule has 4 nitrogen and oxygen atoms in total. The van der Waals surface area contributed by atoms with Crippen molar-refractivity contribution in [2.45, 2.75) is 77.7 Å². The fraction of sp³-hybridized carbons (Fsp3) is 0.818. The van der Waals surface area contributed by atoms with Crippen molar-refractivity contribution in [1.82, 2.24) is 0 Å². The average Bonchev–Trinajstić information content (AvgIpc) is 2.78. The monoisotopic (exact) mass is 378 g/mol. The molecule has 0 unspecified atom stereocenters. The van der Waals surface area contributed by atoms with Crippen LogP contribution in [0.3, 0.4) is 0 Å². The van der Waals surface area contributed by atoms with Gasteiger partial charge in [0.15, 0.2) is 11.6 Å². The minimum absolute atomic E-state index is 0.0101. The number of alkyl halides is 1. The summed E-state index contributed by atoms with van der Waals surface area (Å²) >= 11 is 0. The third-order valence-electron chi connectivity index (χ3n) is 8.99. The van der Waals surface area contributed by atoms with E-state index in [9.17, 15) is 19.8 Å². The number of aliphatic hydroxyl groups excluding tert-OH is 1. The van der Waals surface area contributed by atoms with Gasteiger partial charge in [0.25, 0.3) is 0 Å². The van der Waals surface area contributed by atoms with Crippen LogP contribution in [-0.2, 0) is 9.59 Å². The van der Waals surface area contributed by atoms with Gasteiger partial charge in [-0.05, 0) is 73.3 Å². The van der Waals surface area contributed by atoms with Gasteiger partial charge in [-0.2, -0.15) is 0 Å². The maximum atomic E-state index is 15.2. The van der Waals surface area contributed by atoms with Gasteiger partial charge < -0.3 is 10.2 Å². The quantitative estimate of drug-likeness (QED) is 0.736. The van der Waals surface area contributed by atoms with Gasteiger partial charge in [-0.15, -0.1) is 0 Å². The maximum Gasteiger partial charge on any atom is 0.162 e. The van der Waals surface area contributed by atoms with E-state index in [2.05, 4.69) is 0 Å². The van der Waals surface area contributed by atoms with Crippen LogP contribution < -0.4 is 0 Å². The molecule has 9 atom stereocenters. The highest BCUT2D eigenvalue weighted by molar-refractivity contribution is 5.92. The van der Waals surface area contributed by atoms with E-state index in [-0.39, 0.29) is 41.7 Å². The lowest BCUT2D eigenvalue weighted by molar-refractivity contribution is -0.186. The van der Waals surface area contributed by atoms with Crippen LogP contribution in [0.2, 0.25) is 0 Å². The third-order valence-corrected chi connectivity index (χ3v) is 8.99. The molecule has 2 N–H and O–H groups in total. The summed E-state index contributed by atoms with van der Waals surface area (Å²) in [6.07, 6.45) is 1.78. The first-order valence-electron chi connectivity index (χ1n) is 10.3. The van der Waals surface area contributed by atoms with Gasteiger partial charge in [0.05, 0.1) is 6.10 Å². The van der Waals surface area contributed by atoms with Crippen LogP contribution in [0.15, 0.2) is 11.6 Å². The molecule has 0 aromatic carbocycles. The van der Waals surface area contributed by atoms with Crippen molar-refractivity contribution in [3.8, 4) is 0 Å². The number of halogens is 1. The largest absolute Gasteiger partial charge is 0.393 e. The van der Waals surface area contributed by atoms with E-state index < -0.39 is 28.7 Å². The van der Waals surface area contributed by atoms with Crippen LogP contribution in [0.4, 0.5) is 4.39 Å². The maximum absolute atomic E-state index is 15.2. The molecule has 150 valence electrons. The third kappa shape index (κ3) is 2.21. The molecular weight excluding hydrogens is 347 g/mol. The van der Waals surface area contributed by atoms with Crippen LogP contribution >= 0.6 is 0 Å². The van der Waals surface area contributed by atoms with Crippen molar-refractivity contribution in [3.05, 3.63) is 11.6 Å². The average molecular weight is 378 g/mol. The molecule has 3 fully saturated rings. The van der Waals surface area contributed by atoms with Crippen LogP contribution in [-0.4, -0.2) is 39.7 Å². The van der Waals surface area contributed by atoms with Crippen LogP contribution in [0, 0.1) is 34.5 Å². The van der Waals surface area contributed by atoms with E-state index >= 15 is 4.39 Å². The summed E-state index contributed by atoms with van der Waals surface area (Å²) in [5, 5.41) is 22.6. The summed E-state index contributed by atoms with van der Waals surface area (Å²) in [7, 11) is 0. The highest BCUT2D eigenvalue weighted by Crippen LogP contribution is 2.68. The predicted molar refractivity (Wildman–Crippen MR) is 98.6 cm³/mol. The zero-order valence-corrected chi connectivity index (χ0v) is 16.7. The summed E-state index contributed by atoms with van der Waals surface area (Å²) in [6, 6.07) is 0. The van der Waals surface area contributed by atoms with Gasteiger partial charge in [0, 0.05) is 11.8 Å². The van der Waals surface area contributed by atoms with E-state index in [1.807, 2.05) is 20.8 Å². The molecule has 4 rings (SSSR count). The number of aliphatic hydroxyl groups is 2. The van der Waals surface area contributed by atoms with Gasteiger partial charge in [-0.25, -0.2) is 4.39 Å². The van der Waals surface area contributed by atoms with E-state index in [1.165, 1.54) is 13.0 Å². The fourth-order valence-electron chi connectivity index (χ4n) is 7.78. The van der Waals surface area contributed by atoms with Crippen molar-refractivity contribution in [3.63, 3.8) is 0 Å². The Hall–Kier alpha value is -1.07. The Balaban J connectivity index is 1.81. The first-order valence-corrected chi connectivity index (χ1v) is 10.3. The van der Waals surface area contributed by atoms with Gasteiger partial charge >= 0.3 is 0 Å². The van der Waals surface area contributed by atoms with Gasteiger partial charge in [-0.3, -0.25) is 9.59 Å². The first-order chi connectivity index (χ1) is 12.5. The molecule has 0 aromatic rings. The van der Waals surface area contributed by atoms with Crippen molar-refractivity contribution in [1.29, 1.82) is 0 Å². The number of Topliss-reactive ketones (excluding diaryl/α,β-unsaturated/α-hetero) is 1. The Morgan fingerprint density at radius 3 is 2.59 bits per heavy atom. The number of fused-ring (bicyclic) bond motifs is 5.